The summed E-state index contributed by atoms with van der Waals surface area (Å²) in [5.41, 5.74) is 5.84. The van der Waals surface area contributed by atoms with Gasteiger partial charge in [-0.3, -0.25) is 28.8 Å². The highest BCUT2D eigenvalue weighted by Crippen LogP contribution is 2.42. The van der Waals surface area contributed by atoms with E-state index in [4.69, 9.17) is 29.2 Å². The Bertz CT molecular complexity index is 2530. The van der Waals surface area contributed by atoms with E-state index in [1.165, 1.54) is 0 Å². The smallest absolute Gasteiger partial charge is 0.307 e. The van der Waals surface area contributed by atoms with Crippen molar-refractivity contribution in [1.29, 1.82) is 0 Å². The van der Waals surface area contributed by atoms with Crippen LogP contribution in [0.1, 0.15) is 108 Å². The van der Waals surface area contributed by atoms with Crippen LogP contribution in [0.4, 0.5) is 0 Å². The molecule has 0 spiro atoms. The zero-order chi connectivity index (χ0) is 62.7. The number of Topliss-reactive ketones (excluding diaryl/α,β-unsaturated/α-hetero) is 2. The van der Waals surface area contributed by atoms with E-state index < -0.39 is 135 Å². The molecule has 0 amide bonds. The van der Waals surface area contributed by atoms with Gasteiger partial charge in [-0.15, -0.1) is 0 Å². The quantitative estimate of drug-likeness (QED) is 0.0272. The van der Waals surface area contributed by atoms with E-state index in [0.717, 1.165) is 33.4 Å². The van der Waals surface area contributed by atoms with Gasteiger partial charge in [-0.1, -0.05) is 148 Å². The molecule has 10 unspecified atom stereocenters. The topological polar surface area (TPSA) is 342 Å². The third kappa shape index (κ3) is 25.5. The number of rotatable bonds is 30. The second-order valence-electron chi connectivity index (χ2n) is 21.4. The largest absolute Gasteiger partial charge is 0.463 e. The summed E-state index contributed by atoms with van der Waals surface area (Å²) in [6, 6.07) is 0. The highest BCUT2D eigenvalue weighted by Gasteiger charge is 2.41. The molecule has 82 heavy (non-hydrogen) atoms. The van der Waals surface area contributed by atoms with Crippen LogP contribution >= 0.6 is 0 Å². The predicted octanol–water partition coefficient (Wildman–Crippen LogP) is 4.33. The number of ketones is 2. The summed E-state index contributed by atoms with van der Waals surface area (Å²) < 4.78 is 20.4. The zero-order valence-corrected chi connectivity index (χ0v) is 48.9. The molecule has 2 aliphatic carbocycles. The van der Waals surface area contributed by atoms with Gasteiger partial charge in [0.2, 0.25) is 0 Å². The van der Waals surface area contributed by atoms with E-state index in [1.807, 2.05) is 128 Å². The Morgan fingerprint density at radius 1 is 0.512 bits per heavy atom. The number of aliphatic hydroxyl groups excluding tert-OH is 10. The monoisotopic (exact) mass is 1150 g/mol. The number of aliphatic hydroxyl groups is 10. The van der Waals surface area contributed by atoms with Crippen molar-refractivity contribution in [3.63, 3.8) is 0 Å². The lowest BCUT2D eigenvalue weighted by atomic mass is 9.71. The standard InChI is InChI=1S/C36H50O10.C26H38O10/c1-8-23(2)12-9-10-13-24(3)14-11-15-25(4)16-17-27-26(5)33(42)30(20-36(27,6)7)46-32(41)19-18-31(40)45-22-29(39)35(44)34(43)28(38)21-37;1-6-7-15(2)8-9-17-16(3)23(32)20(12-26(17,4)5)36-22(31)11-10-21(30)35-14-19(29)25(34)24(33)18(28)13-27/h8-17,28-30,34-35,37-39,43-44H,1,18-22H2,2-7H3;6-9,18-20,24-25,27-29,33-34H,1,10-14H2,2-5H3/b10-9+,14-11+,17-16+,23-12+,24-13+,25-15+;9-8+,15-7+. The maximum absolute atomic E-state index is 13.1. The highest BCUT2D eigenvalue weighted by atomic mass is 16.6. The zero-order valence-electron chi connectivity index (χ0n) is 48.9. The Balaban J connectivity index is 0.000000845. The average molecular weight is 1150 g/mol. The van der Waals surface area contributed by atoms with Crippen LogP contribution in [0, 0.1) is 10.8 Å². The van der Waals surface area contributed by atoms with Crippen LogP contribution in [0.3, 0.4) is 0 Å². The number of esters is 4. The summed E-state index contributed by atoms with van der Waals surface area (Å²) in [6.45, 7) is 23.3. The van der Waals surface area contributed by atoms with Crippen LogP contribution in [-0.2, 0) is 47.7 Å². The molecule has 2 aliphatic rings. The lowest BCUT2D eigenvalue weighted by Gasteiger charge is -2.36. The Kier molecular flexibility index (Phi) is 32.6. The first-order valence-corrected chi connectivity index (χ1v) is 26.8. The molecule has 0 saturated heterocycles. The molecule has 2 rings (SSSR count). The van der Waals surface area contributed by atoms with Crippen LogP contribution in [0.25, 0.3) is 0 Å². The predicted molar refractivity (Wildman–Crippen MR) is 307 cm³/mol. The Morgan fingerprint density at radius 2 is 0.841 bits per heavy atom. The summed E-state index contributed by atoms with van der Waals surface area (Å²) in [5.74, 6) is -3.92. The van der Waals surface area contributed by atoms with Crippen LogP contribution in [-0.4, -0.2) is 174 Å². The van der Waals surface area contributed by atoms with Crippen molar-refractivity contribution in [2.45, 2.75) is 169 Å². The van der Waals surface area contributed by atoms with E-state index in [9.17, 15) is 69.6 Å². The van der Waals surface area contributed by atoms with Crippen molar-refractivity contribution in [2.75, 3.05) is 26.4 Å². The van der Waals surface area contributed by atoms with Crippen molar-refractivity contribution >= 4 is 35.4 Å². The normalized spacial score (nSPS) is 21.1. The van der Waals surface area contributed by atoms with Crippen molar-refractivity contribution in [2.24, 2.45) is 10.8 Å². The fourth-order valence-corrected chi connectivity index (χ4v) is 8.27. The van der Waals surface area contributed by atoms with E-state index in [1.54, 1.807) is 26.0 Å². The van der Waals surface area contributed by atoms with Gasteiger partial charge < -0.3 is 70.0 Å². The highest BCUT2D eigenvalue weighted by molar-refractivity contribution is 6.02. The van der Waals surface area contributed by atoms with Gasteiger partial charge in [0.1, 0.15) is 62.0 Å². The molecule has 0 bridgehead atoms. The second-order valence-corrected chi connectivity index (χ2v) is 21.4. The van der Waals surface area contributed by atoms with Gasteiger partial charge in [-0.2, -0.15) is 0 Å². The second kappa shape index (κ2) is 36.3. The van der Waals surface area contributed by atoms with Gasteiger partial charge >= 0.3 is 23.9 Å². The van der Waals surface area contributed by atoms with Crippen molar-refractivity contribution in [3.8, 4) is 0 Å². The SMILES string of the molecule is C=C/C(C)=C/C=C/C=C(C)/C=C/C=C(C)/C=C/C1=C(C)C(=O)C(OC(=O)CCC(=O)OCC(O)C(O)C(O)C(O)CO)CC1(C)C.C=C/C=C(C)/C=C/C1=C(C)C(=O)C(OC(=O)CCC(=O)OCC(O)C(O)C(O)C(O)CO)CC1(C)C. The third-order valence-electron chi connectivity index (χ3n) is 13.4. The molecular weight excluding hydrogens is 1060 g/mol. The van der Waals surface area contributed by atoms with Gasteiger partial charge in [0.25, 0.3) is 0 Å². The molecule has 0 aromatic rings. The number of ether oxygens (including phenoxy) is 4. The molecular formula is C62H88O20. The number of carbonyl (C=O) groups excluding carboxylic acids is 6. The van der Waals surface area contributed by atoms with Crippen LogP contribution in [0.15, 0.2) is 143 Å². The Hall–Kier alpha value is -6.30. The molecule has 0 radical (unpaired) electrons. The summed E-state index contributed by atoms with van der Waals surface area (Å²) in [6.07, 6.45) is 9.42. The first-order chi connectivity index (χ1) is 38.3. The van der Waals surface area contributed by atoms with Gasteiger partial charge in [-0.05, 0) is 74.7 Å². The molecule has 0 saturated carbocycles. The van der Waals surface area contributed by atoms with Crippen LogP contribution in [0.2, 0.25) is 0 Å². The van der Waals surface area contributed by atoms with Crippen molar-refractivity contribution in [3.05, 3.63) is 143 Å². The van der Waals surface area contributed by atoms with Gasteiger partial charge in [0.15, 0.2) is 23.8 Å². The molecule has 0 aromatic carbocycles. The summed E-state index contributed by atoms with van der Waals surface area (Å²) >= 11 is 0. The number of allylic oxidation sites excluding steroid dienone is 20. The minimum Gasteiger partial charge on any atom is -0.463 e. The molecule has 0 heterocycles. The molecule has 0 aromatic heterocycles. The van der Waals surface area contributed by atoms with Gasteiger partial charge in [0.05, 0.1) is 38.9 Å². The first kappa shape index (κ1) is 73.7. The lowest BCUT2D eigenvalue weighted by Crippen LogP contribution is -2.47. The number of hydrogen-bond acceptors (Lipinski definition) is 20. The molecule has 20 heteroatoms. The summed E-state index contributed by atoms with van der Waals surface area (Å²) in [7, 11) is 0. The summed E-state index contributed by atoms with van der Waals surface area (Å²) in [4.78, 5) is 74.6. The summed E-state index contributed by atoms with van der Waals surface area (Å²) in [5, 5.41) is 94.5. The van der Waals surface area contributed by atoms with E-state index in [2.05, 4.69) is 13.2 Å². The molecule has 0 aliphatic heterocycles. The number of hydrogen-bond donors (Lipinski definition) is 10. The van der Waals surface area contributed by atoms with Gasteiger partial charge in [-0.25, -0.2) is 0 Å². The van der Waals surface area contributed by atoms with Gasteiger partial charge in [0, 0.05) is 12.8 Å². The fraction of sp³-hybridized carbons (Fsp3) is 0.516. The van der Waals surface area contributed by atoms with Crippen molar-refractivity contribution < 1.29 is 98.8 Å². The van der Waals surface area contributed by atoms with E-state index >= 15 is 0 Å². The lowest BCUT2D eigenvalue weighted by molar-refractivity contribution is -0.161. The maximum atomic E-state index is 13.1. The molecule has 10 N–H and O–H groups in total. The molecule has 10 atom stereocenters. The Morgan fingerprint density at radius 3 is 1.21 bits per heavy atom. The minimum absolute atomic E-state index is 0.257. The fourth-order valence-electron chi connectivity index (χ4n) is 8.27. The van der Waals surface area contributed by atoms with Crippen molar-refractivity contribution in [1.82, 2.24) is 0 Å². The molecule has 0 fully saturated rings. The minimum atomic E-state index is -1.88. The van der Waals surface area contributed by atoms with E-state index in [-0.39, 0.29) is 37.2 Å². The molecule has 456 valence electrons. The molecule has 20 nitrogen and oxygen atoms in total. The van der Waals surface area contributed by atoms with Crippen LogP contribution < -0.4 is 0 Å². The third-order valence-corrected chi connectivity index (χ3v) is 13.4. The maximum Gasteiger partial charge on any atom is 0.307 e. The Labute approximate surface area is 481 Å². The number of carbonyl (C=O) groups is 6. The van der Waals surface area contributed by atoms with Crippen LogP contribution in [0.5, 0.6) is 0 Å². The average Bonchev–Trinajstić information content (AvgIpc) is 3.57. The first-order valence-electron chi connectivity index (χ1n) is 26.8. The van der Waals surface area contributed by atoms with E-state index in [0.29, 0.717) is 11.1 Å².